The lowest BCUT2D eigenvalue weighted by Gasteiger charge is -2.13. The van der Waals surface area contributed by atoms with Crippen molar-refractivity contribution in [3.05, 3.63) is 50.3 Å². The second-order valence-electron chi connectivity index (χ2n) is 4.70. The molecule has 3 rings (SSSR count). The van der Waals surface area contributed by atoms with Crippen molar-refractivity contribution in [1.29, 1.82) is 0 Å². The van der Waals surface area contributed by atoms with Gasteiger partial charge in [-0.05, 0) is 6.07 Å². The van der Waals surface area contributed by atoms with Crippen LogP contribution >= 0.6 is 11.6 Å². The Labute approximate surface area is 125 Å². The molecule has 1 aliphatic heterocycles. The fraction of sp³-hybridized carbons (Fsp3) is 0.308. The summed E-state index contributed by atoms with van der Waals surface area (Å²) in [6, 6.07) is 4.33. The van der Waals surface area contributed by atoms with E-state index in [0.717, 1.165) is 23.4 Å². The summed E-state index contributed by atoms with van der Waals surface area (Å²) in [6.45, 7) is 1.74. The van der Waals surface area contributed by atoms with Crippen LogP contribution in [0.4, 0.5) is 11.4 Å². The first kappa shape index (κ1) is 13.8. The lowest BCUT2D eigenvalue weighted by Crippen LogP contribution is -2.11. The van der Waals surface area contributed by atoms with Crippen molar-refractivity contribution in [2.75, 3.05) is 11.9 Å². The van der Waals surface area contributed by atoms with Gasteiger partial charge in [0, 0.05) is 29.8 Å². The highest BCUT2D eigenvalue weighted by Gasteiger charge is 2.17. The van der Waals surface area contributed by atoms with Gasteiger partial charge in [-0.25, -0.2) is 0 Å². The SMILES string of the molecule is O=[N+]([O-])c1ccc(NCc2n[nH]c3c2COCC3)c(Cl)c1. The number of hydrogen-bond acceptors (Lipinski definition) is 5. The van der Waals surface area contributed by atoms with Crippen molar-refractivity contribution in [3.8, 4) is 0 Å². The monoisotopic (exact) mass is 308 g/mol. The van der Waals surface area contributed by atoms with Gasteiger partial charge in [-0.1, -0.05) is 11.6 Å². The van der Waals surface area contributed by atoms with Crippen LogP contribution in [0, 0.1) is 10.1 Å². The molecule has 8 heteroatoms. The largest absolute Gasteiger partial charge is 0.378 e. The molecule has 0 saturated carbocycles. The van der Waals surface area contributed by atoms with Gasteiger partial charge in [-0.15, -0.1) is 0 Å². The lowest BCUT2D eigenvalue weighted by atomic mass is 10.1. The van der Waals surface area contributed by atoms with Gasteiger partial charge in [0.2, 0.25) is 0 Å². The van der Waals surface area contributed by atoms with Crippen molar-refractivity contribution < 1.29 is 9.66 Å². The van der Waals surface area contributed by atoms with Gasteiger partial charge in [-0.2, -0.15) is 5.10 Å². The fourth-order valence-electron chi connectivity index (χ4n) is 2.26. The highest BCUT2D eigenvalue weighted by atomic mass is 35.5. The number of aromatic amines is 1. The third-order valence-corrected chi connectivity index (χ3v) is 3.70. The Hall–Kier alpha value is -2.12. The third-order valence-electron chi connectivity index (χ3n) is 3.39. The number of nitro groups is 1. The van der Waals surface area contributed by atoms with E-state index in [4.69, 9.17) is 16.3 Å². The van der Waals surface area contributed by atoms with Crippen LogP contribution in [-0.4, -0.2) is 21.7 Å². The van der Waals surface area contributed by atoms with Crippen molar-refractivity contribution in [2.45, 2.75) is 19.6 Å². The maximum atomic E-state index is 10.7. The number of aromatic nitrogens is 2. The lowest BCUT2D eigenvalue weighted by molar-refractivity contribution is -0.384. The standard InChI is InChI=1S/C13H13ClN4O3/c14-10-5-8(18(19)20)1-2-12(10)15-6-13-9-7-21-4-3-11(9)16-17-13/h1-2,5,15H,3-4,6-7H2,(H,16,17). The topological polar surface area (TPSA) is 93.1 Å². The highest BCUT2D eigenvalue weighted by molar-refractivity contribution is 6.33. The molecule has 2 N–H and O–H groups in total. The number of halogens is 1. The molecule has 21 heavy (non-hydrogen) atoms. The number of hydrogen-bond donors (Lipinski definition) is 2. The highest BCUT2D eigenvalue weighted by Crippen LogP contribution is 2.27. The molecule has 0 bridgehead atoms. The summed E-state index contributed by atoms with van der Waals surface area (Å²) in [4.78, 5) is 10.2. The number of anilines is 1. The number of rotatable bonds is 4. The van der Waals surface area contributed by atoms with E-state index in [1.54, 1.807) is 6.07 Å². The third kappa shape index (κ3) is 2.84. The normalized spacial score (nSPS) is 13.8. The molecule has 0 amide bonds. The molecule has 2 aromatic rings. The maximum Gasteiger partial charge on any atom is 0.271 e. The van der Waals surface area contributed by atoms with E-state index in [9.17, 15) is 10.1 Å². The number of ether oxygens (including phenoxy) is 1. The Morgan fingerprint density at radius 3 is 3.14 bits per heavy atom. The number of fused-ring (bicyclic) bond motifs is 1. The molecule has 1 aliphatic rings. The van der Waals surface area contributed by atoms with Crippen molar-refractivity contribution in [2.24, 2.45) is 0 Å². The number of nitrogens with zero attached hydrogens (tertiary/aromatic N) is 2. The van der Waals surface area contributed by atoms with Crippen LogP contribution in [0.15, 0.2) is 18.2 Å². The number of nitro benzene ring substituents is 1. The first-order chi connectivity index (χ1) is 10.1. The van der Waals surface area contributed by atoms with Gasteiger partial charge in [0.25, 0.3) is 5.69 Å². The van der Waals surface area contributed by atoms with Crippen molar-refractivity contribution in [3.63, 3.8) is 0 Å². The van der Waals surface area contributed by atoms with Gasteiger partial charge in [0.05, 0.1) is 41.1 Å². The summed E-state index contributed by atoms with van der Waals surface area (Å²) >= 11 is 6.04. The molecular weight excluding hydrogens is 296 g/mol. The Bertz CT molecular complexity index is 686. The van der Waals surface area contributed by atoms with Crippen LogP contribution < -0.4 is 5.32 Å². The predicted molar refractivity (Wildman–Crippen MR) is 77.4 cm³/mol. The summed E-state index contributed by atoms with van der Waals surface area (Å²) in [5.41, 5.74) is 3.66. The Morgan fingerprint density at radius 1 is 1.52 bits per heavy atom. The summed E-state index contributed by atoms with van der Waals surface area (Å²) in [6.07, 6.45) is 0.834. The fourth-order valence-corrected chi connectivity index (χ4v) is 2.50. The average Bonchev–Trinajstić information content (AvgIpc) is 2.89. The van der Waals surface area contributed by atoms with Gasteiger partial charge in [-0.3, -0.25) is 15.2 Å². The molecular formula is C13H13ClN4O3. The van der Waals surface area contributed by atoms with Crippen molar-refractivity contribution >= 4 is 23.0 Å². The first-order valence-corrected chi connectivity index (χ1v) is 6.83. The molecule has 7 nitrogen and oxygen atoms in total. The molecule has 0 aliphatic carbocycles. The van der Waals surface area contributed by atoms with Gasteiger partial charge in [0.15, 0.2) is 0 Å². The molecule has 0 spiro atoms. The Morgan fingerprint density at radius 2 is 2.38 bits per heavy atom. The van der Waals surface area contributed by atoms with E-state index in [-0.39, 0.29) is 5.69 Å². The second kappa shape index (κ2) is 5.71. The smallest absolute Gasteiger partial charge is 0.271 e. The van der Waals surface area contributed by atoms with Crippen molar-refractivity contribution in [1.82, 2.24) is 10.2 Å². The molecule has 0 saturated heterocycles. The van der Waals surface area contributed by atoms with Gasteiger partial charge < -0.3 is 10.1 Å². The molecule has 0 unspecified atom stereocenters. The van der Waals surface area contributed by atoms with Crippen LogP contribution in [0.25, 0.3) is 0 Å². The van der Waals surface area contributed by atoms with E-state index in [1.165, 1.54) is 12.1 Å². The van der Waals surface area contributed by atoms with Crippen LogP contribution in [0.1, 0.15) is 17.0 Å². The van der Waals surface area contributed by atoms with E-state index >= 15 is 0 Å². The maximum absolute atomic E-state index is 10.7. The van der Waals surface area contributed by atoms with Gasteiger partial charge >= 0.3 is 0 Å². The Balaban J connectivity index is 1.73. The second-order valence-corrected chi connectivity index (χ2v) is 5.11. The molecule has 110 valence electrons. The van der Waals surface area contributed by atoms with E-state index in [0.29, 0.717) is 30.5 Å². The molecule has 0 radical (unpaired) electrons. The van der Waals surface area contributed by atoms with Gasteiger partial charge in [0.1, 0.15) is 0 Å². The first-order valence-electron chi connectivity index (χ1n) is 6.45. The predicted octanol–water partition coefficient (Wildman–Crippen LogP) is 2.66. The minimum absolute atomic E-state index is 0.0314. The molecule has 1 aromatic carbocycles. The van der Waals surface area contributed by atoms with E-state index in [1.807, 2.05) is 0 Å². The summed E-state index contributed by atoms with van der Waals surface area (Å²) in [5, 5.41) is 21.4. The average molecular weight is 309 g/mol. The number of benzene rings is 1. The van der Waals surface area contributed by atoms with E-state index < -0.39 is 4.92 Å². The minimum atomic E-state index is -0.475. The Kier molecular flexibility index (Phi) is 3.76. The number of H-pyrrole nitrogens is 1. The number of non-ortho nitro benzene ring substituents is 1. The zero-order chi connectivity index (χ0) is 14.8. The quantitative estimate of drug-likeness (QED) is 0.669. The van der Waals surface area contributed by atoms with Crippen LogP contribution in [0.3, 0.4) is 0 Å². The molecule has 2 heterocycles. The minimum Gasteiger partial charge on any atom is -0.378 e. The van der Waals surface area contributed by atoms with E-state index in [2.05, 4.69) is 15.5 Å². The summed E-state index contributed by atoms with van der Waals surface area (Å²) < 4.78 is 5.42. The zero-order valence-corrected chi connectivity index (χ0v) is 11.8. The molecule has 0 atom stereocenters. The van der Waals surface area contributed by atoms with Crippen LogP contribution in [0.5, 0.6) is 0 Å². The summed E-state index contributed by atoms with van der Waals surface area (Å²) in [7, 11) is 0. The summed E-state index contributed by atoms with van der Waals surface area (Å²) in [5.74, 6) is 0. The van der Waals surface area contributed by atoms with Crippen LogP contribution in [0.2, 0.25) is 5.02 Å². The zero-order valence-electron chi connectivity index (χ0n) is 11.1. The molecule has 1 aromatic heterocycles. The number of nitrogens with one attached hydrogen (secondary N) is 2. The van der Waals surface area contributed by atoms with Crippen LogP contribution in [-0.2, 0) is 24.3 Å². The molecule has 0 fully saturated rings.